The lowest BCUT2D eigenvalue weighted by molar-refractivity contribution is -0.0166. The molecule has 16 heavy (non-hydrogen) atoms. The molecule has 6 heteroatoms. The molecule has 0 saturated heterocycles. The molecule has 2 atom stereocenters. The van der Waals surface area contributed by atoms with Gasteiger partial charge in [0.15, 0.2) is 11.5 Å². The lowest BCUT2D eigenvalue weighted by Gasteiger charge is -2.19. The molecule has 0 aliphatic rings. The summed E-state index contributed by atoms with van der Waals surface area (Å²) in [7, 11) is 1.38. The molecule has 0 amide bonds. The van der Waals surface area contributed by atoms with E-state index in [1.807, 2.05) is 0 Å². The van der Waals surface area contributed by atoms with Gasteiger partial charge in [-0.25, -0.2) is 0 Å². The first-order valence-corrected chi connectivity index (χ1v) is 5.34. The van der Waals surface area contributed by atoms with Crippen molar-refractivity contribution in [2.24, 2.45) is 0 Å². The topological polar surface area (TPSA) is 90.2 Å². The highest BCUT2D eigenvalue weighted by Gasteiger charge is 2.25. The second-order valence-electron chi connectivity index (χ2n) is 3.21. The average molecular weight is 293 g/mol. The molecule has 0 aliphatic carbocycles. The number of hydrogen-bond acceptors (Lipinski definition) is 5. The van der Waals surface area contributed by atoms with Gasteiger partial charge in [0.2, 0.25) is 0 Å². The van der Waals surface area contributed by atoms with E-state index in [1.165, 1.54) is 13.2 Å². The van der Waals surface area contributed by atoms with Gasteiger partial charge in [-0.3, -0.25) is 0 Å². The highest BCUT2D eigenvalue weighted by atomic mass is 79.9. The Bertz CT molecular complexity index is 368. The average Bonchev–Trinajstić information content (AvgIpc) is 2.28. The number of halogens is 1. The maximum Gasteiger partial charge on any atom is 0.164 e. The van der Waals surface area contributed by atoms with Crippen molar-refractivity contribution in [2.45, 2.75) is 12.2 Å². The lowest BCUT2D eigenvalue weighted by Crippen LogP contribution is -2.22. The fourth-order valence-corrected chi connectivity index (χ4v) is 1.86. The molecular weight excluding hydrogens is 280 g/mol. The summed E-state index contributed by atoms with van der Waals surface area (Å²) in [6, 6.07) is 3.09. The van der Waals surface area contributed by atoms with Crippen molar-refractivity contribution >= 4 is 15.9 Å². The third kappa shape index (κ3) is 2.46. The summed E-state index contributed by atoms with van der Waals surface area (Å²) in [5.41, 5.74) is 0.0842. The van der Waals surface area contributed by atoms with Gasteiger partial charge in [-0.05, 0) is 12.1 Å². The van der Waals surface area contributed by atoms with Crippen LogP contribution in [0.2, 0.25) is 0 Å². The Morgan fingerprint density at radius 2 is 2.00 bits per heavy atom. The molecule has 0 spiro atoms. The predicted octanol–water partition coefficient (Wildman–Crippen LogP) is 0.550. The molecule has 5 nitrogen and oxygen atoms in total. The standard InChI is InChI=1S/C10H13BrO5/c1-16-7-3-2-5(11)8(10(7)15)9(14)6(13)4-12/h2-3,6,9,12-15H,4H2,1H3. The van der Waals surface area contributed by atoms with Crippen LogP contribution in [0.15, 0.2) is 16.6 Å². The number of methoxy groups -OCH3 is 1. The third-order valence-corrected chi connectivity index (χ3v) is 2.89. The first kappa shape index (κ1) is 13.2. The van der Waals surface area contributed by atoms with E-state index in [0.717, 1.165) is 0 Å². The molecule has 0 radical (unpaired) electrons. The molecule has 2 unspecified atom stereocenters. The van der Waals surface area contributed by atoms with Crippen LogP contribution in [0.25, 0.3) is 0 Å². The van der Waals surface area contributed by atoms with Crippen LogP contribution >= 0.6 is 15.9 Å². The molecule has 0 aromatic heterocycles. The normalized spacial score (nSPS) is 14.6. The minimum Gasteiger partial charge on any atom is -0.504 e. The third-order valence-electron chi connectivity index (χ3n) is 2.19. The molecule has 0 heterocycles. The summed E-state index contributed by atoms with van der Waals surface area (Å²) in [5, 5.41) is 37.5. The Labute approximate surface area is 101 Å². The quantitative estimate of drug-likeness (QED) is 0.651. The van der Waals surface area contributed by atoms with Gasteiger partial charge in [-0.15, -0.1) is 0 Å². The van der Waals surface area contributed by atoms with Crippen LogP contribution in [0.3, 0.4) is 0 Å². The zero-order valence-electron chi connectivity index (χ0n) is 8.59. The summed E-state index contributed by atoms with van der Waals surface area (Å²) < 4.78 is 5.30. The van der Waals surface area contributed by atoms with Gasteiger partial charge in [0.25, 0.3) is 0 Å². The van der Waals surface area contributed by atoms with Crippen LogP contribution in [0.5, 0.6) is 11.5 Å². The minimum absolute atomic E-state index is 0.0842. The Balaban J connectivity index is 3.20. The first-order chi connectivity index (χ1) is 7.52. The van der Waals surface area contributed by atoms with Gasteiger partial charge in [0.1, 0.15) is 12.2 Å². The van der Waals surface area contributed by atoms with E-state index in [2.05, 4.69) is 15.9 Å². The molecule has 0 aliphatic heterocycles. The maximum atomic E-state index is 9.78. The van der Waals surface area contributed by atoms with Crippen molar-refractivity contribution in [3.8, 4) is 11.5 Å². The van der Waals surface area contributed by atoms with E-state index >= 15 is 0 Å². The molecule has 0 fully saturated rings. The Kier molecular flexibility index (Phi) is 4.55. The van der Waals surface area contributed by atoms with Gasteiger partial charge < -0.3 is 25.2 Å². The zero-order chi connectivity index (χ0) is 12.3. The second kappa shape index (κ2) is 5.49. The Hall–Kier alpha value is -0.820. The zero-order valence-corrected chi connectivity index (χ0v) is 10.2. The number of rotatable bonds is 4. The largest absolute Gasteiger partial charge is 0.504 e. The Morgan fingerprint density at radius 1 is 1.38 bits per heavy atom. The van der Waals surface area contributed by atoms with Crippen molar-refractivity contribution in [2.75, 3.05) is 13.7 Å². The molecule has 0 bridgehead atoms. The smallest absolute Gasteiger partial charge is 0.164 e. The van der Waals surface area contributed by atoms with Gasteiger partial charge in [-0.2, -0.15) is 0 Å². The van der Waals surface area contributed by atoms with Crippen molar-refractivity contribution in [1.29, 1.82) is 0 Å². The van der Waals surface area contributed by atoms with Gasteiger partial charge in [-0.1, -0.05) is 15.9 Å². The SMILES string of the molecule is COc1ccc(Br)c(C(O)C(O)CO)c1O. The van der Waals surface area contributed by atoms with E-state index in [1.54, 1.807) is 6.07 Å². The first-order valence-electron chi connectivity index (χ1n) is 4.55. The monoisotopic (exact) mass is 292 g/mol. The van der Waals surface area contributed by atoms with Crippen molar-refractivity contribution in [3.63, 3.8) is 0 Å². The highest BCUT2D eigenvalue weighted by Crippen LogP contribution is 2.39. The summed E-state index contributed by atoms with van der Waals surface area (Å²) in [6.07, 6.45) is -2.76. The summed E-state index contributed by atoms with van der Waals surface area (Å²) in [5.74, 6) is -0.0840. The van der Waals surface area contributed by atoms with E-state index in [9.17, 15) is 15.3 Å². The number of benzene rings is 1. The minimum atomic E-state index is -1.39. The number of phenols is 1. The number of hydrogen-bond donors (Lipinski definition) is 4. The van der Waals surface area contributed by atoms with Crippen LogP contribution < -0.4 is 4.74 Å². The van der Waals surface area contributed by atoms with E-state index in [0.29, 0.717) is 4.47 Å². The summed E-state index contributed by atoms with van der Waals surface area (Å²) in [6.45, 7) is -0.607. The van der Waals surface area contributed by atoms with E-state index in [-0.39, 0.29) is 17.1 Å². The van der Waals surface area contributed by atoms with E-state index < -0.39 is 18.8 Å². The number of aliphatic hydroxyl groups is 3. The molecule has 0 saturated carbocycles. The summed E-state index contributed by atoms with van der Waals surface area (Å²) >= 11 is 3.14. The number of aromatic hydroxyl groups is 1. The number of phenolic OH excluding ortho intramolecular Hbond substituents is 1. The van der Waals surface area contributed by atoms with Crippen molar-refractivity contribution in [1.82, 2.24) is 0 Å². The molecule has 1 aromatic rings. The van der Waals surface area contributed by atoms with Gasteiger partial charge >= 0.3 is 0 Å². The molecule has 90 valence electrons. The van der Waals surface area contributed by atoms with Crippen LogP contribution in [0.4, 0.5) is 0 Å². The molecular formula is C10H13BrO5. The lowest BCUT2D eigenvalue weighted by atomic mass is 10.0. The van der Waals surface area contributed by atoms with Crippen LogP contribution in [-0.2, 0) is 0 Å². The molecule has 1 aromatic carbocycles. The number of ether oxygens (including phenoxy) is 1. The van der Waals surface area contributed by atoms with Crippen LogP contribution in [0.1, 0.15) is 11.7 Å². The van der Waals surface area contributed by atoms with Gasteiger partial charge in [0.05, 0.1) is 13.7 Å². The van der Waals surface area contributed by atoms with Gasteiger partial charge in [0, 0.05) is 10.0 Å². The highest BCUT2D eigenvalue weighted by molar-refractivity contribution is 9.10. The van der Waals surface area contributed by atoms with Crippen molar-refractivity contribution < 1.29 is 25.2 Å². The summed E-state index contributed by atoms with van der Waals surface area (Å²) in [4.78, 5) is 0. The van der Waals surface area contributed by atoms with Crippen molar-refractivity contribution in [3.05, 3.63) is 22.2 Å². The number of aliphatic hydroxyl groups excluding tert-OH is 3. The van der Waals surface area contributed by atoms with E-state index in [4.69, 9.17) is 9.84 Å². The second-order valence-corrected chi connectivity index (χ2v) is 4.06. The van der Waals surface area contributed by atoms with Crippen LogP contribution in [0, 0.1) is 0 Å². The fourth-order valence-electron chi connectivity index (χ4n) is 1.30. The molecule has 4 N–H and O–H groups in total. The maximum absolute atomic E-state index is 9.78. The Morgan fingerprint density at radius 3 is 2.50 bits per heavy atom. The predicted molar refractivity (Wildman–Crippen MR) is 60.4 cm³/mol. The van der Waals surface area contributed by atoms with Crippen LogP contribution in [-0.4, -0.2) is 40.2 Å². The molecule has 1 rings (SSSR count). The fraction of sp³-hybridized carbons (Fsp3) is 0.400.